The second-order valence-corrected chi connectivity index (χ2v) is 13.1. The van der Waals surface area contributed by atoms with Crippen LogP contribution in [0.3, 0.4) is 0 Å². The van der Waals surface area contributed by atoms with Crippen molar-refractivity contribution < 1.29 is 48.0 Å². The van der Waals surface area contributed by atoms with E-state index in [2.05, 4.69) is 4.74 Å². The van der Waals surface area contributed by atoms with Gasteiger partial charge in [0.25, 0.3) is 13.8 Å². The lowest BCUT2D eigenvalue weighted by Gasteiger charge is -2.21. The fourth-order valence-corrected chi connectivity index (χ4v) is 8.96. The summed E-state index contributed by atoms with van der Waals surface area (Å²) in [6, 6.07) is 0. The second kappa shape index (κ2) is 7.39. The molecule has 0 aliphatic carbocycles. The predicted octanol–water partition coefficient (Wildman–Crippen LogP) is 0.643. The average molecular weight is 432 g/mol. The fraction of sp³-hybridized carbons (Fsp3) is 0.909. The van der Waals surface area contributed by atoms with Gasteiger partial charge in [0.05, 0.1) is 11.2 Å². The minimum atomic E-state index is -6.55. The van der Waals surface area contributed by atoms with Crippen LogP contribution in [0.15, 0.2) is 0 Å². The van der Waals surface area contributed by atoms with E-state index in [9.17, 15) is 43.2 Å². The average Bonchev–Trinajstić information content (AvgIpc) is 2.34. The van der Waals surface area contributed by atoms with Gasteiger partial charge in [-0.1, -0.05) is 6.92 Å². The van der Waals surface area contributed by atoms with Crippen LogP contribution < -0.4 is 0 Å². The lowest BCUT2D eigenvalue weighted by Crippen LogP contribution is -2.45. The molecule has 0 rings (SSSR count). The molecule has 0 aromatic rings. The first-order chi connectivity index (χ1) is 10.8. The Labute approximate surface area is 144 Å². The number of rotatable bonds is 8. The molecule has 8 nitrogen and oxygen atoms in total. The quantitative estimate of drug-likeness (QED) is 0.511. The van der Waals surface area contributed by atoms with Crippen LogP contribution >= 0.6 is 0 Å². The third-order valence-electron chi connectivity index (χ3n) is 3.26. The molecule has 0 aliphatic heterocycles. The summed E-state index contributed by atoms with van der Waals surface area (Å²) in [4.78, 5) is 11.7. The molecule has 0 heterocycles. The molecule has 0 aromatic heterocycles. The van der Waals surface area contributed by atoms with E-state index in [4.69, 9.17) is 0 Å². The number of carbonyl (C=O) groups is 1. The highest BCUT2D eigenvalue weighted by Gasteiger charge is 2.59. The van der Waals surface area contributed by atoms with Crippen molar-refractivity contribution in [1.29, 1.82) is 0 Å². The van der Waals surface area contributed by atoms with E-state index in [1.807, 2.05) is 0 Å². The van der Waals surface area contributed by atoms with Gasteiger partial charge in [-0.25, -0.2) is 25.3 Å². The SMILES string of the molecule is CCC(C)(C)C(=O)OCCS(=O)(=O)C(S(C)(=O)=O)S(=O)(=O)C(F)(F)F. The summed E-state index contributed by atoms with van der Waals surface area (Å²) in [6.45, 7) is 3.59. The molecule has 1 atom stereocenters. The molecule has 25 heavy (non-hydrogen) atoms. The fourth-order valence-electron chi connectivity index (χ4n) is 1.48. The summed E-state index contributed by atoms with van der Waals surface area (Å²) in [5, 5.41) is 0. The van der Waals surface area contributed by atoms with E-state index in [0.717, 1.165) is 0 Å². The minimum Gasteiger partial charge on any atom is -0.464 e. The third-order valence-corrected chi connectivity index (χ3v) is 11.8. The highest BCUT2D eigenvalue weighted by atomic mass is 32.3. The highest BCUT2D eigenvalue weighted by Crippen LogP contribution is 2.32. The molecule has 14 heteroatoms. The van der Waals surface area contributed by atoms with Crippen LogP contribution in [0.4, 0.5) is 13.2 Å². The topological polar surface area (TPSA) is 129 Å². The van der Waals surface area contributed by atoms with Crippen molar-refractivity contribution in [2.75, 3.05) is 18.6 Å². The van der Waals surface area contributed by atoms with E-state index in [-0.39, 0.29) is 6.26 Å². The van der Waals surface area contributed by atoms with Crippen LogP contribution in [0.25, 0.3) is 0 Å². The lowest BCUT2D eigenvalue weighted by molar-refractivity contribution is -0.153. The van der Waals surface area contributed by atoms with Gasteiger partial charge < -0.3 is 4.74 Å². The van der Waals surface area contributed by atoms with E-state index in [1.54, 1.807) is 6.92 Å². The van der Waals surface area contributed by atoms with Gasteiger partial charge in [-0.05, 0) is 20.3 Å². The maximum Gasteiger partial charge on any atom is 0.499 e. The number of carbonyl (C=O) groups excluding carboxylic acids is 1. The summed E-state index contributed by atoms with van der Waals surface area (Å²) in [5.41, 5.74) is -7.09. The monoisotopic (exact) mass is 432 g/mol. The first-order valence-corrected chi connectivity index (χ1v) is 11.9. The standard InChI is InChI=1S/C11H19F3O8S3/c1-5-10(2,3)8(15)22-6-7-24(18,19)9(23(4,16)17)25(20,21)11(12,13)14/h9H,5-7H2,1-4H3. The summed E-state index contributed by atoms with van der Waals surface area (Å²) in [7, 11) is -17.1. The minimum absolute atomic E-state index is 0.0602. The van der Waals surface area contributed by atoms with Crippen molar-refractivity contribution >= 4 is 35.5 Å². The lowest BCUT2D eigenvalue weighted by atomic mass is 9.91. The summed E-state index contributed by atoms with van der Waals surface area (Å²) in [5.74, 6) is -2.26. The maximum atomic E-state index is 12.6. The molecule has 0 N–H and O–H groups in total. The van der Waals surface area contributed by atoms with Crippen molar-refractivity contribution in [3.05, 3.63) is 0 Å². The molecule has 0 bridgehead atoms. The van der Waals surface area contributed by atoms with E-state index >= 15 is 0 Å². The number of alkyl halides is 3. The zero-order valence-corrected chi connectivity index (χ0v) is 16.3. The Morgan fingerprint density at radius 3 is 1.80 bits per heavy atom. The van der Waals surface area contributed by atoms with Crippen LogP contribution in [0.1, 0.15) is 27.2 Å². The molecule has 150 valence electrons. The highest BCUT2D eigenvalue weighted by molar-refractivity contribution is 8.24. The molecule has 0 spiro atoms. The largest absolute Gasteiger partial charge is 0.499 e. The van der Waals surface area contributed by atoms with Crippen LogP contribution in [0, 0.1) is 5.41 Å². The van der Waals surface area contributed by atoms with Crippen LogP contribution in [0.5, 0.6) is 0 Å². The molecule has 0 aromatic carbocycles. The van der Waals surface area contributed by atoms with E-state index in [0.29, 0.717) is 6.42 Å². The van der Waals surface area contributed by atoms with Gasteiger partial charge in [0.2, 0.25) is 0 Å². The summed E-state index contributed by atoms with van der Waals surface area (Å²) in [6.07, 6.45) is 0.373. The molecule has 1 unspecified atom stereocenters. The van der Waals surface area contributed by atoms with Crippen molar-refractivity contribution in [3.8, 4) is 0 Å². The Morgan fingerprint density at radius 1 is 1.04 bits per heavy atom. The molecule has 0 amide bonds. The molecular weight excluding hydrogens is 413 g/mol. The number of sulfone groups is 3. The molecular formula is C11H19F3O8S3. The Balaban J connectivity index is 5.62. The Kier molecular flexibility index (Phi) is 7.12. The molecule has 0 fully saturated rings. The first kappa shape index (κ1) is 24.1. The number of ether oxygens (including phenoxy) is 1. The van der Waals surface area contributed by atoms with Gasteiger partial charge in [0.15, 0.2) is 19.7 Å². The molecule has 0 radical (unpaired) electrons. The molecule has 0 saturated heterocycles. The molecule has 0 aliphatic rings. The van der Waals surface area contributed by atoms with Crippen molar-refractivity contribution in [2.45, 2.75) is 36.6 Å². The summed E-state index contributed by atoms with van der Waals surface area (Å²) >= 11 is 0. The summed E-state index contributed by atoms with van der Waals surface area (Å²) < 4.78 is 108. The third kappa shape index (κ3) is 5.81. The second-order valence-electron chi connectivity index (χ2n) is 5.85. The van der Waals surface area contributed by atoms with E-state index < -0.39 is 62.7 Å². The van der Waals surface area contributed by atoms with Gasteiger partial charge in [0, 0.05) is 6.26 Å². The van der Waals surface area contributed by atoms with Gasteiger partial charge >= 0.3 is 11.5 Å². The van der Waals surface area contributed by atoms with Crippen molar-refractivity contribution in [1.82, 2.24) is 0 Å². The predicted molar refractivity (Wildman–Crippen MR) is 82.4 cm³/mol. The van der Waals surface area contributed by atoms with Gasteiger partial charge in [-0.3, -0.25) is 4.79 Å². The van der Waals surface area contributed by atoms with Gasteiger partial charge in [-0.2, -0.15) is 13.2 Å². The zero-order valence-electron chi connectivity index (χ0n) is 13.8. The number of halogens is 3. The zero-order chi connectivity index (χ0) is 20.5. The molecule has 0 saturated carbocycles. The Hall–Kier alpha value is -0.890. The Morgan fingerprint density at radius 2 is 1.48 bits per heavy atom. The Bertz CT molecular complexity index is 807. The van der Waals surface area contributed by atoms with E-state index in [1.165, 1.54) is 13.8 Å². The van der Waals surface area contributed by atoms with Crippen LogP contribution in [0.2, 0.25) is 0 Å². The van der Waals surface area contributed by atoms with Crippen molar-refractivity contribution in [2.24, 2.45) is 5.41 Å². The number of hydrogen-bond acceptors (Lipinski definition) is 8. The van der Waals surface area contributed by atoms with Crippen molar-refractivity contribution in [3.63, 3.8) is 0 Å². The number of hydrogen-bond donors (Lipinski definition) is 0. The van der Waals surface area contributed by atoms with Gasteiger partial charge in [-0.15, -0.1) is 0 Å². The normalized spacial score (nSPS) is 15.6. The van der Waals surface area contributed by atoms with Crippen LogP contribution in [-0.4, -0.2) is 59.3 Å². The smallest absolute Gasteiger partial charge is 0.464 e. The first-order valence-electron chi connectivity index (χ1n) is 6.68. The number of esters is 1. The maximum absolute atomic E-state index is 12.6. The van der Waals surface area contributed by atoms with Crippen LogP contribution in [-0.2, 0) is 39.0 Å². The van der Waals surface area contributed by atoms with Gasteiger partial charge in [0.1, 0.15) is 6.61 Å².